The van der Waals surface area contributed by atoms with E-state index in [2.05, 4.69) is 222 Å². The Kier molecular flexibility index (Phi) is 8.59. The topological polar surface area (TPSA) is 3.24 Å². The molecular formula is C54H45N. The third-order valence-corrected chi connectivity index (χ3v) is 11.7. The molecule has 0 bridgehead atoms. The van der Waals surface area contributed by atoms with Crippen LogP contribution in [-0.4, -0.2) is 0 Å². The minimum Gasteiger partial charge on any atom is -0.309 e. The summed E-state index contributed by atoms with van der Waals surface area (Å²) in [5.41, 5.74) is 22.2. The fraction of sp³-hybridized carbons (Fsp3) is 0.111. The standard InChI is InChI=1S/C54H45N/c1-36-19-12-13-25-44(36)45-27-17-28-46(38(45)3)52-37(2)20-16-31-50(52)55(51-32-18-30-49-53(51)47-26-14-15-29-48(47)54(49,4)5)43-34-41(39-21-8-6-9-22-39)33-42(35-43)40-23-10-7-11-24-40/h6-35H,1-5H3. The molecule has 8 aromatic rings. The summed E-state index contributed by atoms with van der Waals surface area (Å²) in [6.07, 6.45) is 0. The van der Waals surface area contributed by atoms with Gasteiger partial charge in [0.05, 0.1) is 11.4 Å². The number of fused-ring (bicyclic) bond motifs is 3. The smallest absolute Gasteiger partial charge is 0.0543 e. The van der Waals surface area contributed by atoms with E-state index in [0.29, 0.717) is 0 Å². The van der Waals surface area contributed by atoms with Crippen LogP contribution in [0.5, 0.6) is 0 Å². The lowest BCUT2D eigenvalue weighted by atomic mass is 9.82. The maximum Gasteiger partial charge on any atom is 0.0543 e. The zero-order valence-corrected chi connectivity index (χ0v) is 32.3. The van der Waals surface area contributed by atoms with Crippen molar-refractivity contribution in [1.29, 1.82) is 0 Å². The number of rotatable bonds is 7. The molecule has 1 heteroatoms. The van der Waals surface area contributed by atoms with Gasteiger partial charge in [0.2, 0.25) is 0 Å². The first-order valence-electron chi connectivity index (χ1n) is 19.4. The molecule has 1 nitrogen and oxygen atoms in total. The molecule has 9 rings (SSSR count). The molecule has 0 saturated carbocycles. The van der Waals surface area contributed by atoms with Crippen molar-refractivity contribution in [3.63, 3.8) is 0 Å². The lowest BCUT2D eigenvalue weighted by Crippen LogP contribution is -2.16. The van der Waals surface area contributed by atoms with E-state index in [9.17, 15) is 0 Å². The highest BCUT2D eigenvalue weighted by Gasteiger charge is 2.38. The Bertz CT molecular complexity index is 2640. The fourth-order valence-corrected chi connectivity index (χ4v) is 8.93. The number of anilines is 3. The first kappa shape index (κ1) is 34.3. The Labute approximate surface area is 326 Å². The van der Waals surface area contributed by atoms with Crippen molar-refractivity contribution in [3.8, 4) is 55.6 Å². The molecule has 0 heterocycles. The van der Waals surface area contributed by atoms with Gasteiger partial charge in [-0.25, -0.2) is 0 Å². The van der Waals surface area contributed by atoms with Gasteiger partial charge in [-0.2, -0.15) is 0 Å². The summed E-state index contributed by atoms with van der Waals surface area (Å²) in [5.74, 6) is 0. The molecule has 0 atom stereocenters. The summed E-state index contributed by atoms with van der Waals surface area (Å²) >= 11 is 0. The van der Waals surface area contributed by atoms with E-state index in [0.717, 1.165) is 11.4 Å². The number of nitrogens with zero attached hydrogens (tertiary/aromatic N) is 1. The third kappa shape index (κ3) is 5.88. The number of hydrogen-bond acceptors (Lipinski definition) is 1. The van der Waals surface area contributed by atoms with Crippen molar-refractivity contribution in [2.24, 2.45) is 0 Å². The van der Waals surface area contributed by atoms with Crippen molar-refractivity contribution in [2.75, 3.05) is 4.90 Å². The molecule has 0 unspecified atom stereocenters. The van der Waals surface area contributed by atoms with Crippen LogP contribution in [-0.2, 0) is 5.41 Å². The molecule has 0 N–H and O–H groups in total. The van der Waals surface area contributed by atoms with Crippen LogP contribution in [0, 0.1) is 20.8 Å². The molecule has 0 amide bonds. The number of benzene rings is 8. The average Bonchev–Trinajstić information content (AvgIpc) is 3.46. The zero-order chi connectivity index (χ0) is 37.7. The molecule has 0 saturated heterocycles. The second-order valence-corrected chi connectivity index (χ2v) is 15.5. The maximum absolute atomic E-state index is 2.55. The molecule has 266 valence electrons. The van der Waals surface area contributed by atoms with E-state index in [1.807, 2.05) is 0 Å². The van der Waals surface area contributed by atoms with Gasteiger partial charge in [-0.3, -0.25) is 0 Å². The van der Waals surface area contributed by atoms with Crippen LogP contribution in [0.25, 0.3) is 55.6 Å². The minimum atomic E-state index is -0.136. The molecule has 0 spiro atoms. The molecule has 0 radical (unpaired) electrons. The van der Waals surface area contributed by atoms with E-state index >= 15 is 0 Å². The predicted molar refractivity (Wildman–Crippen MR) is 235 cm³/mol. The van der Waals surface area contributed by atoms with Crippen LogP contribution in [0.15, 0.2) is 182 Å². The van der Waals surface area contributed by atoms with Gasteiger partial charge < -0.3 is 4.90 Å². The Morgan fingerprint density at radius 2 is 0.855 bits per heavy atom. The van der Waals surface area contributed by atoms with Gasteiger partial charge in [0.1, 0.15) is 0 Å². The van der Waals surface area contributed by atoms with Gasteiger partial charge in [0.15, 0.2) is 0 Å². The summed E-state index contributed by atoms with van der Waals surface area (Å²) in [4.78, 5) is 2.55. The largest absolute Gasteiger partial charge is 0.309 e. The van der Waals surface area contributed by atoms with Crippen LogP contribution in [0.1, 0.15) is 41.7 Å². The van der Waals surface area contributed by atoms with E-state index in [-0.39, 0.29) is 5.41 Å². The quantitative estimate of drug-likeness (QED) is 0.159. The van der Waals surface area contributed by atoms with Gasteiger partial charge in [-0.15, -0.1) is 0 Å². The summed E-state index contributed by atoms with van der Waals surface area (Å²) in [5, 5.41) is 0. The van der Waals surface area contributed by atoms with Crippen LogP contribution in [0.4, 0.5) is 17.1 Å². The second kappa shape index (κ2) is 13.8. The van der Waals surface area contributed by atoms with Gasteiger partial charge in [-0.05, 0) is 123 Å². The Hall–Kier alpha value is -6.44. The summed E-state index contributed by atoms with van der Waals surface area (Å²) in [6, 6.07) is 67.0. The molecule has 55 heavy (non-hydrogen) atoms. The van der Waals surface area contributed by atoms with Crippen LogP contribution >= 0.6 is 0 Å². The van der Waals surface area contributed by atoms with Crippen LogP contribution < -0.4 is 4.90 Å². The van der Waals surface area contributed by atoms with Crippen molar-refractivity contribution >= 4 is 17.1 Å². The maximum atomic E-state index is 2.55. The molecule has 1 aliphatic rings. The average molecular weight is 708 g/mol. The fourth-order valence-electron chi connectivity index (χ4n) is 8.93. The zero-order valence-electron chi connectivity index (χ0n) is 32.3. The van der Waals surface area contributed by atoms with Crippen molar-refractivity contribution in [1.82, 2.24) is 0 Å². The normalized spacial score (nSPS) is 12.6. The molecule has 0 aromatic heterocycles. The van der Waals surface area contributed by atoms with Gasteiger partial charge in [0, 0.05) is 22.2 Å². The lowest BCUT2D eigenvalue weighted by Gasteiger charge is -2.32. The second-order valence-electron chi connectivity index (χ2n) is 15.5. The Morgan fingerprint density at radius 1 is 0.364 bits per heavy atom. The first-order valence-corrected chi connectivity index (χ1v) is 19.4. The van der Waals surface area contributed by atoms with E-state index in [4.69, 9.17) is 0 Å². The minimum absolute atomic E-state index is 0.136. The van der Waals surface area contributed by atoms with Crippen molar-refractivity contribution in [2.45, 2.75) is 40.0 Å². The first-order chi connectivity index (χ1) is 26.8. The van der Waals surface area contributed by atoms with Gasteiger partial charge in [0.25, 0.3) is 0 Å². The number of hydrogen-bond donors (Lipinski definition) is 0. The van der Waals surface area contributed by atoms with E-state index in [1.54, 1.807) is 0 Å². The highest BCUT2D eigenvalue weighted by molar-refractivity contribution is 6.00. The summed E-state index contributed by atoms with van der Waals surface area (Å²) in [7, 11) is 0. The monoisotopic (exact) mass is 707 g/mol. The lowest BCUT2D eigenvalue weighted by molar-refractivity contribution is 0.660. The highest BCUT2D eigenvalue weighted by atomic mass is 15.1. The summed E-state index contributed by atoms with van der Waals surface area (Å²) < 4.78 is 0. The van der Waals surface area contributed by atoms with Crippen molar-refractivity contribution < 1.29 is 0 Å². The molecule has 0 fully saturated rings. The molecule has 8 aromatic carbocycles. The molecule has 1 aliphatic carbocycles. The Balaban J connectivity index is 1.38. The molecule has 0 aliphatic heterocycles. The van der Waals surface area contributed by atoms with Crippen LogP contribution in [0.3, 0.4) is 0 Å². The van der Waals surface area contributed by atoms with E-state index in [1.165, 1.54) is 89.1 Å². The number of aryl methyl sites for hydroxylation is 2. The van der Waals surface area contributed by atoms with Gasteiger partial charge >= 0.3 is 0 Å². The third-order valence-electron chi connectivity index (χ3n) is 11.7. The van der Waals surface area contributed by atoms with Crippen molar-refractivity contribution in [3.05, 3.63) is 210 Å². The SMILES string of the molecule is Cc1ccccc1-c1cccc(-c2c(C)cccc2N(c2cc(-c3ccccc3)cc(-c3ccccc3)c2)c2cccc3c2-c2ccccc2C3(C)C)c1C. The summed E-state index contributed by atoms with van der Waals surface area (Å²) in [6.45, 7) is 11.5. The van der Waals surface area contributed by atoms with Crippen LogP contribution in [0.2, 0.25) is 0 Å². The molecular weight excluding hydrogens is 663 g/mol. The highest BCUT2D eigenvalue weighted by Crippen LogP contribution is 2.55. The Morgan fingerprint density at radius 3 is 1.53 bits per heavy atom. The van der Waals surface area contributed by atoms with Gasteiger partial charge in [-0.1, -0.05) is 166 Å². The predicted octanol–water partition coefficient (Wildman–Crippen LogP) is 15.1. The van der Waals surface area contributed by atoms with E-state index < -0.39 is 0 Å².